The van der Waals surface area contributed by atoms with E-state index in [1.54, 1.807) is 0 Å². The predicted octanol–water partition coefficient (Wildman–Crippen LogP) is 0.0665. The van der Waals surface area contributed by atoms with Crippen LogP contribution in [0, 0.1) is 0 Å². The second-order valence-electron chi connectivity index (χ2n) is 2.03. The van der Waals surface area contributed by atoms with Crippen molar-refractivity contribution in [1.29, 1.82) is 0 Å². The van der Waals surface area contributed by atoms with E-state index >= 15 is 0 Å². The Morgan fingerprint density at radius 1 is 1.18 bits per heavy atom. The Morgan fingerprint density at radius 3 is 2.00 bits per heavy atom. The second-order valence-corrected chi connectivity index (χ2v) is 2.03. The van der Waals surface area contributed by atoms with E-state index in [-0.39, 0.29) is 17.7 Å². The highest BCUT2D eigenvalue weighted by Gasteiger charge is 2.08. The summed E-state index contributed by atoms with van der Waals surface area (Å²) in [7, 11) is 0. The van der Waals surface area contributed by atoms with Gasteiger partial charge >= 0.3 is 0 Å². The molecule has 1 atom stereocenters. The van der Waals surface area contributed by atoms with Gasteiger partial charge in [-0.25, -0.2) is 4.39 Å². The van der Waals surface area contributed by atoms with Crippen LogP contribution in [0.25, 0.3) is 0 Å². The molecule has 0 aliphatic rings. The molecule has 4 N–H and O–H groups in total. The monoisotopic (exact) mass is 157 g/mol. The van der Waals surface area contributed by atoms with Crippen molar-refractivity contribution >= 4 is 11.9 Å². The van der Waals surface area contributed by atoms with Crippen molar-refractivity contribution in [3.05, 3.63) is 5.82 Å². The van der Waals surface area contributed by atoms with Crippen molar-refractivity contribution in [2.75, 3.05) is 11.5 Å². The molecule has 0 bridgehead atoms. The van der Waals surface area contributed by atoms with E-state index in [4.69, 9.17) is 11.5 Å². The van der Waals surface area contributed by atoms with Crippen LogP contribution in [-0.4, -0.2) is 15.0 Å². The summed E-state index contributed by atoms with van der Waals surface area (Å²) in [6.07, 6.45) is -1.28. The lowest BCUT2D eigenvalue weighted by Crippen LogP contribution is -2.07. The number of hydrogen-bond donors (Lipinski definition) is 2. The Balaban J connectivity index is 3.08. The highest BCUT2D eigenvalue weighted by molar-refractivity contribution is 5.26. The van der Waals surface area contributed by atoms with Crippen LogP contribution in [0.1, 0.15) is 18.9 Å². The van der Waals surface area contributed by atoms with Crippen LogP contribution >= 0.6 is 0 Å². The first-order chi connectivity index (χ1) is 5.09. The standard InChI is InChI=1S/C5H8FN5/c1-2(6)3-9-4(7)11-5(8)10-3/h2H,1H3,(H4,7,8,9,10,11)/t2-/m1/s1. The Morgan fingerprint density at radius 2 is 1.64 bits per heavy atom. The molecular weight excluding hydrogens is 149 g/mol. The third-order valence-corrected chi connectivity index (χ3v) is 1.04. The summed E-state index contributed by atoms with van der Waals surface area (Å²) in [4.78, 5) is 10.6. The van der Waals surface area contributed by atoms with Gasteiger partial charge in [0.1, 0.15) is 0 Å². The maximum absolute atomic E-state index is 12.5. The number of nitrogens with two attached hydrogens (primary N) is 2. The van der Waals surface area contributed by atoms with Crippen LogP contribution in [0.2, 0.25) is 0 Å². The zero-order valence-corrected chi connectivity index (χ0v) is 5.95. The molecule has 1 rings (SSSR count). The molecule has 0 aliphatic heterocycles. The Labute approximate surface area is 62.7 Å². The fraction of sp³-hybridized carbons (Fsp3) is 0.400. The van der Waals surface area contributed by atoms with Crippen LogP contribution in [0.5, 0.6) is 0 Å². The molecule has 0 saturated heterocycles. The van der Waals surface area contributed by atoms with Gasteiger partial charge in [-0.1, -0.05) is 0 Å². The molecule has 1 heterocycles. The average molecular weight is 157 g/mol. The predicted molar refractivity (Wildman–Crippen MR) is 38.2 cm³/mol. The first-order valence-electron chi connectivity index (χ1n) is 3.00. The maximum Gasteiger partial charge on any atom is 0.225 e. The maximum atomic E-state index is 12.5. The minimum atomic E-state index is -1.28. The van der Waals surface area contributed by atoms with Gasteiger partial charge in [-0.2, -0.15) is 15.0 Å². The van der Waals surface area contributed by atoms with E-state index in [1.807, 2.05) is 0 Å². The molecule has 6 heteroatoms. The molecule has 0 spiro atoms. The molecule has 0 unspecified atom stereocenters. The zero-order chi connectivity index (χ0) is 8.43. The van der Waals surface area contributed by atoms with E-state index in [1.165, 1.54) is 6.92 Å². The molecule has 60 valence electrons. The number of hydrogen-bond acceptors (Lipinski definition) is 5. The summed E-state index contributed by atoms with van der Waals surface area (Å²) in [5.74, 6) is -0.149. The first kappa shape index (κ1) is 7.64. The SMILES string of the molecule is C[C@@H](F)c1nc(N)nc(N)n1. The van der Waals surface area contributed by atoms with E-state index in [0.29, 0.717) is 0 Å². The van der Waals surface area contributed by atoms with Crippen LogP contribution in [0.3, 0.4) is 0 Å². The lowest BCUT2D eigenvalue weighted by atomic mass is 10.4. The highest BCUT2D eigenvalue weighted by atomic mass is 19.1. The number of nitrogens with zero attached hydrogens (tertiary/aromatic N) is 3. The van der Waals surface area contributed by atoms with Gasteiger partial charge in [-0.3, -0.25) is 0 Å². The van der Waals surface area contributed by atoms with Crippen LogP contribution in [0.4, 0.5) is 16.3 Å². The van der Waals surface area contributed by atoms with Gasteiger partial charge in [0.2, 0.25) is 11.9 Å². The van der Waals surface area contributed by atoms with Crippen molar-refractivity contribution in [3.8, 4) is 0 Å². The van der Waals surface area contributed by atoms with Crippen molar-refractivity contribution in [3.63, 3.8) is 0 Å². The number of nitrogen functional groups attached to an aromatic ring is 2. The van der Waals surface area contributed by atoms with Crippen molar-refractivity contribution in [2.45, 2.75) is 13.1 Å². The van der Waals surface area contributed by atoms with E-state index in [9.17, 15) is 4.39 Å². The minimum absolute atomic E-state index is 0.0324. The summed E-state index contributed by atoms with van der Waals surface area (Å²) in [5, 5.41) is 0. The Hall–Kier alpha value is -1.46. The van der Waals surface area contributed by atoms with Gasteiger partial charge < -0.3 is 11.5 Å². The molecule has 0 aromatic carbocycles. The van der Waals surface area contributed by atoms with Crippen LogP contribution < -0.4 is 11.5 Å². The summed E-state index contributed by atoms with van der Waals surface area (Å²) in [5.41, 5.74) is 10.4. The summed E-state index contributed by atoms with van der Waals surface area (Å²) in [6, 6.07) is 0. The van der Waals surface area contributed by atoms with Gasteiger partial charge in [0.05, 0.1) is 0 Å². The topological polar surface area (TPSA) is 90.7 Å². The number of rotatable bonds is 1. The third-order valence-electron chi connectivity index (χ3n) is 1.04. The first-order valence-corrected chi connectivity index (χ1v) is 3.00. The highest BCUT2D eigenvalue weighted by Crippen LogP contribution is 2.11. The number of alkyl halides is 1. The molecule has 11 heavy (non-hydrogen) atoms. The number of aromatic nitrogens is 3. The summed E-state index contributed by atoms with van der Waals surface area (Å²) >= 11 is 0. The summed E-state index contributed by atoms with van der Waals surface area (Å²) < 4.78 is 12.5. The Bertz CT molecular complexity index is 241. The quantitative estimate of drug-likeness (QED) is 0.601. The minimum Gasteiger partial charge on any atom is -0.368 e. The van der Waals surface area contributed by atoms with Crippen molar-refractivity contribution in [2.24, 2.45) is 0 Å². The van der Waals surface area contributed by atoms with Gasteiger partial charge in [-0.15, -0.1) is 0 Å². The molecule has 5 nitrogen and oxygen atoms in total. The molecule has 1 aromatic heterocycles. The number of halogens is 1. The van der Waals surface area contributed by atoms with Gasteiger partial charge in [-0.05, 0) is 6.92 Å². The van der Waals surface area contributed by atoms with E-state index in [2.05, 4.69) is 15.0 Å². The van der Waals surface area contributed by atoms with Crippen molar-refractivity contribution < 1.29 is 4.39 Å². The smallest absolute Gasteiger partial charge is 0.225 e. The van der Waals surface area contributed by atoms with Gasteiger partial charge in [0, 0.05) is 0 Å². The van der Waals surface area contributed by atoms with Gasteiger partial charge in [0.25, 0.3) is 0 Å². The van der Waals surface area contributed by atoms with Crippen LogP contribution in [-0.2, 0) is 0 Å². The molecular formula is C5H8FN5. The molecule has 1 aromatic rings. The fourth-order valence-electron chi connectivity index (χ4n) is 0.605. The fourth-order valence-corrected chi connectivity index (χ4v) is 0.605. The lowest BCUT2D eigenvalue weighted by Gasteiger charge is -2.00. The van der Waals surface area contributed by atoms with E-state index in [0.717, 1.165) is 0 Å². The summed E-state index contributed by atoms with van der Waals surface area (Å²) in [6.45, 7) is 1.30. The third kappa shape index (κ3) is 1.73. The molecule has 0 radical (unpaired) electrons. The molecule has 0 aliphatic carbocycles. The largest absolute Gasteiger partial charge is 0.368 e. The van der Waals surface area contributed by atoms with Crippen LogP contribution in [0.15, 0.2) is 0 Å². The normalized spacial score (nSPS) is 12.9. The van der Waals surface area contributed by atoms with E-state index < -0.39 is 6.17 Å². The average Bonchev–Trinajstić information content (AvgIpc) is 1.85. The molecule has 0 amide bonds. The zero-order valence-electron chi connectivity index (χ0n) is 5.95. The number of anilines is 2. The Kier molecular flexibility index (Phi) is 1.84. The molecule has 0 fully saturated rings. The van der Waals surface area contributed by atoms with Crippen molar-refractivity contribution in [1.82, 2.24) is 15.0 Å². The van der Waals surface area contributed by atoms with Gasteiger partial charge in [0.15, 0.2) is 12.0 Å². The second kappa shape index (κ2) is 2.65. The molecule has 0 saturated carbocycles. The lowest BCUT2D eigenvalue weighted by molar-refractivity contribution is 0.356.